The van der Waals surface area contributed by atoms with Gasteiger partial charge in [-0.1, -0.05) is 19.1 Å². The van der Waals surface area contributed by atoms with Gasteiger partial charge in [-0.05, 0) is 24.1 Å². The molecule has 1 heterocycles. The van der Waals surface area contributed by atoms with Gasteiger partial charge in [0.2, 0.25) is 0 Å². The zero-order chi connectivity index (χ0) is 14.0. The molecule has 2 rings (SSSR count). The Morgan fingerprint density at radius 1 is 1.37 bits per heavy atom. The lowest BCUT2D eigenvalue weighted by molar-refractivity contribution is 0.0572. The first-order chi connectivity index (χ1) is 9.02. The lowest BCUT2D eigenvalue weighted by Crippen LogP contribution is -2.40. The van der Waals surface area contributed by atoms with Crippen molar-refractivity contribution in [2.75, 3.05) is 13.1 Å². The Morgan fingerprint density at radius 2 is 2.00 bits per heavy atom. The summed E-state index contributed by atoms with van der Waals surface area (Å²) in [5, 5.41) is 19.3. The van der Waals surface area contributed by atoms with Crippen LogP contribution in [0.2, 0.25) is 0 Å². The van der Waals surface area contributed by atoms with Gasteiger partial charge in [0.1, 0.15) is 5.82 Å². The largest absolute Gasteiger partial charge is 0.389 e. The number of hydrogen-bond acceptors (Lipinski definition) is 4. The number of halogens is 1. The van der Waals surface area contributed by atoms with E-state index in [1.807, 2.05) is 17.9 Å². The van der Waals surface area contributed by atoms with Gasteiger partial charge in [-0.25, -0.2) is 4.39 Å². The third-order valence-corrected chi connectivity index (χ3v) is 3.75. The maximum atomic E-state index is 13.4. The quantitative estimate of drug-likeness (QED) is 0.749. The van der Waals surface area contributed by atoms with Crippen molar-refractivity contribution in [3.8, 4) is 0 Å². The van der Waals surface area contributed by atoms with E-state index in [1.54, 1.807) is 6.07 Å². The Labute approximate surface area is 112 Å². The molecule has 0 saturated carbocycles. The minimum atomic E-state index is -0.764. The normalized spacial score (nSPS) is 27.4. The first-order valence-electron chi connectivity index (χ1n) is 6.64. The number of likely N-dealkylation sites (tertiary alicyclic amines) is 1. The summed E-state index contributed by atoms with van der Waals surface area (Å²) in [7, 11) is 0. The summed E-state index contributed by atoms with van der Waals surface area (Å²) in [6, 6.07) is 6.00. The van der Waals surface area contributed by atoms with Crippen LogP contribution in [0.1, 0.15) is 24.9 Å². The van der Waals surface area contributed by atoms with Crippen LogP contribution in [0.5, 0.6) is 0 Å². The van der Waals surface area contributed by atoms with Crippen LogP contribution >= 0.6 is 0 Å². The number of nitrogens with zero attached hydrogens (tertiary/aromatic N) is 1. The lowest BCUT2D eigenvalue weighted by atomic mass is 9.96. The molecule has 0 spiro atoms. The van der Waals surface area contributed by atoms with Crippen LogP contribution in [0.3, 0.4) is 0 Å². The van der Waals surface area contributed by atoms with Gasteiger partial charge in [-0.15, -0.1) is 0 Å². The van der Waals surface area contributed by atoms with Crippen LogP contribution in [0.4, 0.5) is 4.39 Å². The molecule has 0 bridgehead atoms. The highest BCUT2D eigenvalue weighted by Crippen LogP contribution is 2.29. The summed E-state index contributed by atoms with van der Waals surface area (Å²) in [5.41, 5.74) is 6.93. The van der Waals surface area contributed by atoms with Crippen molar-refractivity contribution < 1.29 is 14.6 Å². The van der Waals surface area contributed by atoms with Gasteiger partial charge in [-0.3, -0.25) is 4.90 Å². The van der Waals surface area contributed by atoms with Crippen LogP contribution < -0.4 is 5.73 Å². The Kier molecular flexibility index (Phi) is 4.52. The van der Waals surface area contributed by atoms with Crippen molar-refractivity contribution >= 4 is 0 Å². The van der Waals surface area contributed by atoms with E-state index in [1.165, 1.54) is 12.1 Å². The van der Waals surface area contributed by atoms with E-state index in [-0.39, 0.29) is 17.9 Å². The van der Waals surface area contributed by atoms with E-state index in [2.05, 4.69) is 0 Å². The molecule has 1 saturated heterocycles. The molecular formula is C14H21FN2O2. The fourth-order valence-corrected chi connectivity index (χ4v) is 2.67. The smallest absolute Gasteiger partial charge is 0.123 e. The number of rotatable bonds is 4. The predicted octanol–water partition coefficient (Wildman–Crippen LogP) is 0.642. The predicted molar refractivity (Wildman–Crippen MR) is 71.0 cm³/mol. The number of benzene rings is 1. The second-order valence-corrected chi connectivity index (χ2v) is 5.16. The first kappa shape index (κ1) is 14.4. The average Bonchev–Trinajstić information content (AvgIpc) is 2.69. The van der Waals surface area contributed by atoms with Crippen LogP contribution in [0.15, 0.2) is 24.3 Å². The molecule has 5 heteroatoms. The molecule has 0 aliphatic carbocycles. The molecule has 4 unspecified atom stereocenters. The van der Waals surface area contributed by atoms with Crippen molar-refractivity contribution in [1.29, 1.82) is 0 Å². The van der Waals surface area contributed by atoms with Gasteiger partial charge in [0, 0.05) is 19.1 Å². The molecule has 1 aliphatic rings. The molecule has 106 valence electrons. The number of β-amino-alcohol motifs (C(OH)–C–C–N with tert-alkyl or cyclic N) is 2. The van der Waals surface area contributed by atoms with Crippen LogP contribution in [0.25, 0.3) is 0 Å². The summed E-state index contributed by atoms with van der Waals surface area (Å²) in [6.07, 6.45) is -0.788. The molecule has 19 heavy (non-hydrogen) atoms. The topological polar surface area (TPSA) is 69.7 Å². The van der Waals surface area contributed by atoms with Crippen LogP contribution in [-0.4, -0.2) is 46.5 Å². The standard InChI is InChI=1S/C14H21FN2O2/c1-2-11(16)14(9-4-3-5-10(15)6-9)17-7-12(18)13(19)8-17/h3-6,11-14,18-19H,2,7-8,16H2,1H3. The van der Waals surface area contributed by atoms with Gasteiger partial charge in [-0.2, -0.15) is 0 Å². The van der Waals surface area contributed by atoms with Gasteiger partial charge in [0.25, 0.3) is 0 Å². The van der Waals surface area contributed by atoms with E-state index < -0.39 is 12.2 Å². The maximum Gasteiger partial charge on any atom is 0.123 e. The third kappa shape index (κ3) is 3.12. The molecule has 4 atom stereocenters. The average molecular weight is 268 g/mol. The van der Waals surface area contributed by atoms with E-state index in [4.69, 9.17) is 5.73 Å². The lowest BCUT2D eigenvalue weighted by Gasteiger charge is -2.32. The highest BCUT2D eigenvalue weighted by molar-refractivity contribution is 5.22. The Morgan fingerprint density at radius 3 is 2.53 bits per heavy atom. The van der Waals surface area contributed by atoms with E-state index in [0.29, 0.717) is 13.1 Å². The Hall–Kier alpha value is -1.01. The van der Waals surface area contributed by atoms with Gasteiger partial charge >= 0.3 is 0 Å². The van der Waals surface area contributed by atoms with Crippen molar-refractivity contribution in [2.24, 2.45) is 5.73 Å². The van der Waals surface area contributed by atoms with Crippen LogP contribution in [0, 0.1) is 5.82 Å². The zero-order valence-corrected chi connectivity index (χ0v) is 11.0. The minimum Gasteiger partial charge on any atom is -0.389 e. The van der Waals surface area contributed by atoms with E-state index in [0.717, 1.165) is 12.0 Å². The fourth-order valence-electron chi connectivity index (χ4n) is 2.67. The first-order valence-corrected chi connectivity index (χ1v) is 6.64. The highest BCUT2D eigenvalue weighted by Gasteiger charge is 2.36. The second-order valence-electron chi connectivity index (χ2n) is 5.16. The number of aliphatic hydroxyl groups excluding tert-OH is 2. The zero-order valence-electron chi connectivity index (χ0n) is 11.0. The van der Waals surface area contributed by atoms with Gasteiger partial charge in [0.15, 0.2) is 0 Å². The number of aliphatic hydroxyl groups is 2. The SMILES string of the molecule is CCC(N)C(c1cccc(F)c1)N1CC(O)C(O)C1. The van der Waals surface area contributed by atoms with Gasteiger partial charge < -0.3 is 15.9 Å². The monoisotopic (exact) mass is 268 g/mol. The van der Waals surface area contributed by atoms with Crippen molar-refractivity contribution in [1.82, 2.24) is 4.90 Å². The molecular weight excluding hydrogens is 247 g/mol. The summed E-state index contributed by atoms with van der Waals surface area (Å²) >= 11 is 0. The highest BCUT2D eigenvalue weighted by atomic mass is 19.1. The second kappa shape index (κ2) is 5.96. The van der Waals surface area contributed by atoms with E-state index >= 15 is 0 Å². The summed E-state index contributed by atoms with van der Waals surface area (Å²) in [5.74, 6) is -0.300. The van der Waals surface area contributed by atoms with Crippen molar-refractivity contribution in [2.45, 2.75) is 37.6 Å². The molecule has 1 aliphatic heterocycles. The number of nitrogens with two attached hydrogens (primary N) is 1. The Balaban J connectivity index is 2.26. The molecule has 4 N–H and O–H groups in total. The summed E-state index contributed by atoms with van der Waals surface area (Å²) in [6.45, 7) is 2.69. The summed E-state index contributed by atoms with van der Waals surface area (Å²) in [4.78, 5) is 1.93. The van der Waals surface area contributed by atoms with Crippen molar-refractivity contribution in [3.63, 3.8) is 0 Å². The van der Waals surface area contributed by atoms with E-state index in [9.17, 15) is 14.6 Å². The van der Waals surface area contributed by atoms with Crippen molar-refractivity contribution in [3.05, 3.63) is 35.6 Å². The maximum absolute atomic E-state index is 13.4. The van der Waals surface area contributed by atoms with Crippen LogP contribution in [-0.2, 0) is 0 Å². The number of hydrogen-bond donors (Lipinski definition) is 3. The third-order valence-electron chi connectivity index (χ3n) is 3.75. The molecule has 4 nitrogen and oxygen atoms in total. The Bertz CT molecular complexity index is 420. The molecule has 0 aromatic heterocycles. The molecule has 1 fully saturated rings. The van der Waals surface area contributed by atoms with Gasteiger partial charge in [0.05, 0.1) is 18.2 Å². The molecule has 1 aromatic carbocycles. The fraction of sp³-hybridized carbons (Fsp3) is 0.571. The minimum absolute atomic E-state index is 0.167. The molecule has 0 radical (unpaired) electrons. The molecule has 0 amide bonds. The summed E-state index contributed by atoms with van der Waals surface area (Å²) < 4.78 is 13.4. The molecule has 1 aromatic rings.